The van der Waals surface area contributed by atoms with Crippen molar-refractivity contribution in [3.8, 4) is 11.3 Å². The first-order valence-corrected chi connectivity index (χ1v) is 7.66. The van der Waals surface area contributed by atoms with Gasteiger partial charge in [0.2, 0.25) is 4.91 Å². The highest BCUT2D eigenvalue weighted by Gasteiger charge is 2.06. The number of rotatable bonds is 4. The quantitative estimate of drug-likeness (QED) is 0.497. The van der Waals surface area contributed by atoms with Gasteiger partial charge >= 0.3 is 0 Å². The van der Waals surface area contributed by atoms with Crippen LogP contribution in [0.1, 0.15) is 0 Å². The number of benzene rings is 2. The van der Waals surface area contributed by atoms with Gasteiger partial charge in [-0.1, -0.05) is 23.7 Å². The summed E-state index contributed by atoms with van der Waals surface area (Å²) in [5.41, 5.74) is 10.2. The largest absolute Gasteiger partial charge is 0.332 e. The maximum absolute atomic E-state index is 6.71. The highest BCUT2D eigenvalue weighted by Crippen LogP contribution is 2.28. The molecule has 5 nitrogen and oxygen atoms in total. The summed E-state index contributed by atoms with van der Waals surface area (Å²) in [6, 6.07) is 14.9. The molecule has 3 rings (SSSR count). The minimum atomic E-state index is 0.647. The molecule has 0 saturated carbocycles. The number of aromatic nitrogens is 1. The highest BCUT2D eigenvalue weighted by atomic mass is 35.5. The van der Waals surface area contributed by atoms with Crippen LogP contribution >= 0.6 is 22.9 Å². The van der Waals surface area contributed by atoms with Gasteiger partial charge in [-0.3, -0.25) is 0 Å². The second-order valence-electron chi connectivity index (χ2n) is 4.42. The van der Waals surface area contributed by atoms with E-state index in [4.69, 9.17) is 17.1 Å². The Kier molecular flexibility index (Phi) is 4.25. The Balaban J connectivity index is 1.78. The number of nitrogens with zero attached hydrogens (tertiary/aromatic N) is 3. The van der Waals surface area contributed by atoms with E-state index in [0.717, 1.165) is 22.1 Å². The summed E-state index contributed by atoms with van der Waals surface area (Å²) in [6.07, 6.45) is 0. The Labute approximate surface area is 135 Å². The van der Waals surface area contributed by atoms with Crippen LogP contribution in [0.5, 0.6) is 0 Å². The third-order valence-electron chi connectivity index (χ3n) is 2.93. The zero-order valence-corrected chi connectivity index (χ0v) is 12.9. The summed E-state index contributed by atoms with van der Waals surface area (Å²) < 4.78 is 0. The Bertz CT molecular complexity index is 820. The van der Waals surface area contributed by atoms with Crippen LogP contribution in [-0.4, -0.2) is 4.98 Å². The maximum atomic E-state index is 6.71. The van der Waals surface area contributed by atoms with E-state index in [1.807, 2.05) is 41.8 Å². The van der Waals surface area contributed by atoms with Gasteiger partial charge in [-0.15, -0.1) is 11.3 Å². The normalized spacial score (nSPS) is 10.0. The number of nitrogens with one attached hydrogen (secondary N) is 2. The van der Waals surface area contributed by atoms with E-state index in [9.17, 15) is 0 Å². The molecule has 7 heteroatoms. The molecule has 0 saturated heterocycles. The lowest BCUT2D eigenvalue weighted by molar-refractivity contribution is 0.992. The van der Waals surface area contributed by atoms with Crippen LogP contribution in [0, 0.1) is 5.53 Å². The molecule has 0 bridgehead atoms. The molecule has 2 aromatic carbocycles. The average Bonchev–Trinajstić information content (AvgIpc) is 2.99. The monoisotopic (exact) mass is 328 g/mol. The van der Waals surface area contributed by atoms with Crippen molar-refractivity contribution in [3.05, 3.63) is 58.9 Å². The van der Waals surface area contributed by atoms with E-state index in [-0.39, 0.29) is 0 Å². The van der Waals surface area contributed by atoms with E-state index < -0.39 is 0 Å². The standard InChI is InChI=1S/C15H11ClN5S/c16-11-3-7-12(8-4-11)18-15-19-14(9-22-15)10-1-5-13(6-2-10)20-21-17/h1-9,17H,(H,18,19)/q+1. The molecule has 3 aromatic rings. The van der Waals surface area contributed by atoms with Gasteiger partial charge in [0, 0.05) is 21.7 Å². The molecule has 0 radical (unpaired) electrons. The van der Waals surface area contributed by atoms with Gasteiger partial charge in [-0.2, -0.15) is 0 Å². The van der Waals surface area contributed by atoms with Gasteiger partial charge in [-0.25, -0.2) is 4.98 Å². The van der Waals surface area contributed by atoms with Crippen molar-refractivity contribution in [1.29, 1.82) is 5.53 Å². The van der Waals surface area contributed by atoms with Gasteiger partial charge < -0.3 is 5.32 Å². The van der Waals surface area contributed by atoms with Crippen molar-refractivity contribution >= 4 is 39.4 Å². The molecule has 2 N–H and O–H groups in total. The van der Waals surface area contributed by atoms with Crippen LogP contribution in [0.2, 0.25) is 5.02 Å². The van der Waals surface area contributed by atoms with Gasteiger partial charge in [0.1, 0.15) is 5.53 Å². The zero-order valence-electron chi connectivity index (χ0n) is 11.3. The summed E-state index contributed by atoms with van der Waals surface area (Å²) in [5, 5.41) is 10.4. The van der Waals surface area contributed by atoms with Crippen LogP contribution in [0.3, 0.4) is 0 Å². The fraction of sp³-hybridized carbons (Fsp3) is 0. The lowest BCUT2D eigenvalue weighted by Crippen LogP contribution is -1.88. The van der Waals surface area contributed by atoms with Crippen LogP contribution in [0.4, 0.5) is 16.5 Å². The maximum Gasteiger partial charge on any atom is 0.220 e. The second-order valence-corrected chi connectivity index (χ2v) is 5.71. The first-order chi connectivity index (χ1) is 10.7. The smallest absolute Gasteiger partial charge is 0.220 e. The minimum Gasteiger partial charge on any atom is -0.332 e. The van der Waals surface area contributed by atoms with Crippen molar-refractivity contribution in [1.82, 2.24) is 9.90 Å². The second kappa shape index (κ2) is 6.49. The first-order valence-electron chi connectivity index (χ1n) is 6.40. The molecule has 0 unspecified atom stereocenters. The predicted octanol–water partition coefficient (Wildman–Crippen LogP) is 5.39. The molecule has 1 heterocycles. The molecule has 0 spiro atoms. The molecule has 1 aromatic heterocycles. The first kappa shape index (κ1) is 14.4. The lowest BCUT2D eigenvalue weighted by atomic mass is 10.1. The van der Waals surface area contributed by atoms with E-state index in [0.29, 0.717) is 10.7 Å². The molecular weight excluding hydrogens is 318 g/mol. The topological polar surface area (TPSA) is 75.2 Å². The molecule has 0 amide bonds. The van der Waals surface area contributed by atoms with Gasteiger partial charge in [-0.05, 0) is 36.4 Å². The Morgan fingerprint density at radius 3 is 2.50 bits per heavy atom. The Morgan fingerprint density at radius 2 is 1.82 bits per heavy atom. The van der Waals surface area contributed by atoms with Crippen LogP contribution < -0.4 is 10.2 Å². The fourth-order valence-electron chi connectivity index (χ4n) is 1.88. The van der Waals surface area contributed by atoms with Gasteiger partial charge in [0.25, 0.3) is 0 Å². The molecule has 22 heavy (non-hydrogen) atoms. The SMILES string of the molecule is N=[N+]=Nc1ccc(-c2csc(Nc3ccc(Cl)cc3)n2)cc1. The fourth-order valence-corrected chi connectivity index (χ4v) is 2.74. The molecule has 108 valence electrons. The minimum absolute atomic E-state index is 0.647. The molecule has 0 fully saturated rings. The summed E-state index contributed by atoms with van der Waals surface area (Å²) in [4.78, 5) is 7.56. The third-order valence-corrected chi connectivity index (χ3v) is 3.94. The molecule has 0 atom stereocenters. The van der Waals surface area contributed by atoms with Crippen molar-refractivity contribution in [2.75, 3.05) is 5.32 Å². The molecule has 0 aliphatic heterocycles. The van der Waals surface area contributed by atoms with E-state index in [1.165, 1.54) is 11.3 Å². The Hall–Kier alpha value is -2.53. The number of halogens is 1. The number of hydrogen-bond donors (Lipinski definition) is 2. The van der Waals surface area contributed by atoms with Crippen molar-refractivity contribution in [2.24, 2.45) is 5.11 Å². The van der Waals surface area contributed by atoms with Gasteiger partial charge in [0.15, 0.2) is 15.9 Å². The molecule has 0 aliphatic rings. The Morgan fingerprint density at radius 1 is 1.09 bits per heavy atom. The summed E-state index contributed by atoms with van der Waals surface area (Å²) in [7, 11) is 0. The van der Waals surface area contributed by atoms with E-state index in [2.05, 4.69) is 20.3 Å². The van der Waals surface area contributed by atoms with Crippen LogP contribution in [-0.2, 0) is 0 Å². The third kappa shape index (κ3) is 3.38. The summed E-state index contributed by atoms with van der Waals surface area (Å²) in [6.45, 7) is 0. The summed E-state index contributed by atoms with van der Waals surface area (Å²) >= 11 is 7.40. The average molecular weight is 329 g/mol. The van der Waals surface area contributed by atoms with Crippen molar-refractivity contribution in [2.45, 2.75) is 0 Å². The molecule has 0 aliphatic carbocycles. The van der Waals surface area contributed by atoms with Crippen molar-refractivity contribution < 1.29 is 0 Å². The number of hydrogen-bond acceptors (Lipinski definition) is 5. The molecular formula is C15H11ClN5S+. The van der Waals surface area contributed by atoms with Crippen LogP contribution in [0.15, 0.2) is 59.0 Å². The van der Waals surface area contributed by atoms with E-state index in [1.54, 1.807) is 12.1 Å². The highest BCUT2D eigenvalue weighted by molar-refractivity contribution is 7.14. The van der Waals surface area contributed by atoms with E-state index >= 15 is 0 Å². The summed E-state index contributed by atoms with van der Waals surface area (Å²) in [5.74, 6) is 0. The lowest BCUT2D eigenvalue weighted by Gasteiger charge is -2.01. The van der Waals surface area contributed by atoms with Crippen LogP contribution in [0.25, 0.3) is 11.3 Å². The predicted molar refractivity (Wildman–Crippen MR) is 89.2 cm³/mol. The van der Waals surface area contributed by atoms with Gasteiger partial charge in [0.05, 0.1) is 5.69 Å². The number of thiazole rings is 1. The van der Waals surface area contributed by atoms with Crippen molar-refractivity contribution in [3.63, 3.8) is 0 Å². The zero-order chi connectivity index (χ0) is 15.4. The number of anilines is 2.